The molecule has 0 saturated carbocycles. The number of nitrogens with zero attached hydrogens (tertiary/aromatic N) is 5. The minimum Gasteiger partial charge on any atom is -0.328 e. The summed E-state index contributed by atoms with van der Waals surface area (Å²) in [5.41, 5.74) is 1.46. The highest BCUT2D eigenvalue weighted by Gasteiger charge is 2.23. The molecule has 0 unspecified atom stereocenters. The van der Waals surface area contributed by atoms with Gasteiger partial charge < -0.3 is 9.88 Å². The molecule has 0 saturated heterocycles. The highest BCUT2D eigenvalue weighted by molar-refractivity contribution is 7.89. The first-order valence-corrected chi connectivity index (χ1v) is 12.1. The van der Waals surface area contributed by atoms with E-state index in [1.165, 1.54) is 15.6 Å². The van der Waals surface area contributed by atoms with E-state index >= 15 is 0 Å². The summed E-state index contributed by atoms with van der Waals surface area (Å²) in [5.74, 6) is 0.583. The van der Waals surface area contributed by atoms with Gasteiger partial charge >= 0.3 is 0 Å². The third kappa shape index (κ3) is 4.52. The zero-order chi connectivity index (χ0) is 21.9. The largest absolute Gasteiger partial charge is 0.328 e. The molecule has 0 radical (unpaired) electrons. The first-order chi connectivity index (χ1) is 14.3. The topological polar surface area (TPSA) is 110 Å². The maximum Gasteiger partial charge on any atom is 0.243 e. The second kappa shape index (κ2) is 9.19. The van der Waals surface area contributed by atoms with Gasteiger partial charge in [-0.05, 0) is 32.0 Å². The van der Waals surface area contributed by atoms with Gasteiger partial charge in [0.2, 0.25) is 21.1 Å². The third-order valence-electron chi connectivity index (χ3n) is 4.81. The van der Waals surface area contributed by atoms with Crippen LogP contribution in [-0.4, -0.2) is 51.5 Å². The van der Waals surface area contributed by atoms with E-state index in [-0.39, 0.29) is 17.2 Å². The van der Waals surface area contributed by atoms with Crippen molar-refractivity contribution in [2.75, 3.05) is 18.4 Å². The van der Waals surface area contributed by atoms with Crippen molar-refractivity contribution in [1.29, 1.82) is 0 Å². The van der Waals surface area contributed by atoms with E-state index in [1.807, 2.05) is 32.3 Å². The summed E-state index contributed by atoms with van der Waals surface area (Å²) in [7, 11) is -3.55. The Balaban J connectivity index is 1.82. The summed E-state index contributed by atoms with van der Waals surface area (Å²) < 4.78 is 29.1. The summed E-state index contributed by atoms with van der Waals surface area (Å²) >= 11 is 1.32. The summed E-state index contributed by atoms with van der Waals surface area (Å²) in [6.45, 7) is 8.95. The second-order valence-electron chi connectivity index (χ2n) is 6.69. The standard InChI is InChI=1S/C19H26N6O3S2/c1-5-24(6-2)30(27,28)14-8-9-16-15(12-14)20-17(25(16)7-3)10-11-18(26)21-19-23-22-13(4)29-19/h8-9,12H,5-7,10-11H2,1-4H3,(H,21,23,26). The minimum atomic E-state index is -3.55. The number of aryl methyl sites for hydroxylation is 3. The quantitative estimate of drug-likeness (QED) is 0.537. The molecule has 1 amide bonds. The fraction of sp³-hybridized carbons (Fsp3) is 0.474. The molecule has 0 atom stereocenters. The van der Waals surface area contributed by atoms with Crippen LogP contribution in [-0.2, 0) is 27.8 Å². The number of hydrogen-bond acceptors (Lipinski definition) is 7. The third-order valence-corrected chi connectivity index (χ3v) is 7.61. The van der Waals surface area contributed by atoms with Crippen molar-refractivity contribution in [2.45, 2.75) is 52.0 Å². The predicted octanol–water partition coefficient (Wildman–Crippen LogP) is 2.82. The molecule has 3 aromatic rings. The lowest BCUT2D eigenvalue weighted by molar-refractivity contribution is -0.116. The van der Waals surface area contributed by atoms with Gasteiger partial charge in [0.05, 0.1) is 15.9 Å². The smallest absolute Gasteiger partial charge is 0.243 e. The Bertz CT molecular complexity index is 1150. The van der Waals surface area contributed by atoms with Crippen molar-refractivity contribution in [3.63, 3.8) is 0 Å². The van der Waals surface area contributed by atoms with Crippen LogP contribution >= 0.6 is 11.3 Å². The molecule has 0 aliphatic carbocycles. The fourth-order valence-corrected chi connectivity index (χ4v) is 5.42. The van der Waals surface area contributed by atoms with E-state index < -0.39 is 10.0 Å². The summed E-state index contributed by atoms with van der Waals surface area (Å²) in [5, 5.41) is 11.8. The number of nitrogens with one attached hydrogen (secondary N) is 1. The summed E-state index contributed by atoms with van der Waals surface area (Å²) in [6, 6.07) is 5.02. The molecule has 1 aromatic carbocycles. The molecule has 0 aliphatic rings. The number of hydrogen-bond donors (Lipinski definition) is 1. The van der Waals surface area contributed by atoms with Gasteiger partial charge in [0.1, 0.15) is 10.8 Å². The molecule has 11 heteroatoms. The van der Waals surface area contributed by atoms with E-state index in [0.29, 0.717) is 36.7 Å². The fourth-order valence-electron chi connectivity index (χ4n) is 3.33. The monoisotopic (exact) mass is 450 g/mol. The molecular formula is C19H26N6O3S2. The number of anilines is 1. The first kappa shape index (κ1) is 22.3. The van der Waals surface area contributed by atoms with E-state index in [1.54, 1.807) is 18.2 Å². The number of carbonyl (C=O) groups is 1. The lowest BCUT2D eigenvalue weighted by atomic mass is 10.3. The van der Waals surface area contributed by atoms with Crippen molar-refractivity contribution in [1.82, 2.24) is 24.1 Å². The van der Waals surface area contributed by atoms with Gasteiger partial charge in [-0.2, -0.15) is 4.31 Å². The zero-order valence-electron chi connectivity index (χ0n) is 17.5. The number of fused-ring (bicyclic) bond motifs is 1. The Labute approximate surface area is 180 Å². The maximum absolute atomic E-state index is 12.8. The van der Waals surface area contributed by atoms with Gasteiger partial charge in [-0.15, -0.1) is 10.2 Å². The summed E-state index contributed by atoms with van der Waals surface area (Å²) in [4.78, 5) is 17.1. The molecule has 0 aliphatic heterocycles. The average molecular weight is 451 g/mol. The van der Waals surface area contributed by atoms with Crippen LogP contribution < -0.4 is 5.32 Å². The molecule has 0 bridgehead atoms. The van der Waals surface area contributed by atoms with Crippen molar-refractivity contribution in [3.8, 4) is 0 Å². The van der Waals surface area contributed by atoms with Crippen LogP contribution in [0.2, 0.25) is 0 Å². The molecule has 1 N–H and O–H groups in total. The molecule has 162 valence electrons. The maximum atomic E-state index is 12.8. The van der Waals surface area contributed by atoms with Gasteiger partial charge in [-0.3, -0.25) is 4.79 Å². The van der Waals surface area contributed by atoms with Crippen molar-refractivity contribution >= 4 is 43.4 Å². The molecule has 0 fully saturated rings. The van der Waals surface area contributed by atoms with Crippen LogP contribution in [0.5, 0.6) is 0 Å². The number of benzene rings is 1. The van der Waals surface area contributed by atoms with Gasteiger partial charge in [0.25, 0.3) is 0 Å². The van der Waals surface area contributed by atoms with Crippen molar-refractivity contribution in [2.24, 2.45) is 0 Å². The van der Waals surface area contributed by atoms with Crippen LogP contribution in [0.1, 0.15) is 38.0 Å². The van der Waals surface area contributed by atoms with Gasteiger partial charge in [-0.25, -0.2) is 13.4 Å². The van der Waals surface area contributed by atoms with Crippen LogP contribution in [0.25, 0.3) is 11.0 Å². The van der Waals surface area contributed by atoms with Crippen LogP contribution in [0.15, 0.2) is 23.1 Å². The van der Waals surface area contributed by atoms with Crippen molar-refractivity contribution in [3.05, 3.63) is 29.0 Å². The van der Waals surface area contributed by atoms with Gasteiger partial charge in [0.15, 0.2) is 0 Å². The van der Waals surface area contributed by atoms with Gasteiger partial charge in [0, 0.05) is 32.5 Å². The lowest BCUT2D eigenvalue weighted by Crippen LogP contribution is -2.30. The Hall–Kier alpha value is -2.37. The van der Waals surface area contributed by atoms with Crippen LogP contribution in [0.3, 0.4) is 0 Å². The first-order valence-electron chi connectivity index (χ1n) is 9.89. The molecule has 2 heterocycles. The second-order valence-corrected chi connectivity index (χ2v) is 9.81. The van der Waals surface area contributed by atoms with Crippen LogP contribution in [0, 0.1) is 6.92 Å². The van der Waals surface area contributed by atoms with E-state index in [2.05, 4.69) is 20.5 Å². The SMILES string of the molecule is CCN(CC)S(=O)(=O)c1ccc2c(c1)nc(CCC(=O)Nc1nnc(C)s1)n2CC. The normalized spacial score (nSPS) is 12.0. The highest BCUT2D eigenvalue weighted by atomic mass is 32.2. The number of sulfonamides is 1. The number of rotatable bonds is 9. The Morgan fingerprint density at radius 2 is 1.93 bits per heavy atom. The highest BCUT2D eigenvalue weighted by Crippen LogP contribution is 2.24. The van der Waals surface area contributed by atoms with Gasteiger partial charge in [-0.1, -0.05) is 25.2 Å². The predicted molar refractivity (Wildman–Crippen MR) is 117 cm³/mol. The molecule has 3 rings (SSSR count). The van der Waals surface area contributed by atoms with E-state index in [4.69, 9.17) is 0 Å². The number of imidazole rings is 1. The average Bonchev–Trinajstić information content (AvgIpc) is 3.28. The zero-order valence-corrected chi connectivity index (χ0v) is 19.2. The number of amides is 1. The Morgan fingerprint density at radius 1 is 1.20 bits per heavy atom. The van der Waals surface area contributed by atoms with Crippen LogP contribution in [0.4, 0.5) is 5.13 Å². The molecule has 9 nitrogen and oxygen atoms in total. The van der Waals surface area contributed by atoms with E-state index in [0.717, 1.165) is 16.3 Å². The molecule has 2 aromatic heterocycles. The Kier molecular flexibility index (Phi) is 6.84. The van der Waals surface area contributed by atoms with E-state index in [9.17, 15) is 13.2 Å². The lowest BCUT2D eigenvalue weighted by Gasteiger charge is -2.18. The number of carbonyl (C=O) groups excluding carboxylic acids is 1. The minimum absolute atomic E-state index is 0.161. The Morgan fingerprint density at radius 3 is 2.53 bits per heavy atom. The molecular weight excluding hydrogens is 424 g/mol. The van der Waals surface area contributed by atoms with Crippen molar-refractivity contribution < 1.29 is 13.2 Å². The summed E-state index contributed by atoms with van der Waals surface area (Å²) in [6.07, 6.45) is 0.677. The molecule has 30 heavy (non-hydrogen) atoms. The number of aromatic nitrogens is 4. The molecule has 0 spiro atoms.